The van der Waals surface area contributed by atoms with E-state index in [9.17, 15) is 0 Å². The summed E-state index contributed by atoms with van der Waals surface area (Å²) < 4.78 is 0. The summed E-state index contributed by atoms with van der Waals surface area (Å²) in [4.78, 5) is 9.12. The van der Waals surface area contributed by atoms with Gasteiger partial charge in [-0.15, -0.1) is 0 Å². The van der Waals surface area contributed by atoms with E-state index < -0.39 is 0 Å². The average Bonchev–Trinajstić information content (AvgIpc) is 2.88. The highest BCUT2D eigenvalue weighted by molar-refractivity contribution is 7.99. The van der Waals surface area contributed by atoms with Crippen LogP contribution >= 0.6 is 11.8 Å². The second kappa shape index (κ2) is 3.51. The molecule has 1 saturated heterocycles. The van der Waals surface area contributed by atoms with E-state index in [1.165, 1.54) is 29.2 Å². The van der Waals surface area contributed by atoms with Crippen molar-refractivity contribution in [3.8, 4) is 0 Å². The summed E-state index contributed by atoms with van der Waals surface area (Å²) >= 11 is 2.01. The molecule has 1 fully saturated rings. The van der Waals surface area contributed by atoms with Crippen molar-refractivity contribution in [1.29, 1.82) is 0 Å². The highest BCUT2D eigenvalue weighted by atomic mass is 32.2. The van der Waals surface area contributed by atoms with E-state index in [4.69, 9.17) is 0 Å². The molecule has 3 rings (SSSR count). The molecule has 0 spiro atoms. The Morgan fingerprint density at radius 2 is 2.43 bits per heavy atom. The number of thioether (sulfide) groups is 1. The van der Waals surface area contributed by atoms with E-state index in [0.717, 1.165) is 18.9 Å². The number of hydrogen-bond donors (Lipinski definition) is 1. The van der Waals surface area contributed by atoms with Gasteiger partial charge in [0.15, 0.2) is 0 Å². The predicted molar refractivity (Wildman–Crippen MR) is 57.3 cm³/mol. The first-order valence-electron chi connectivity index (χ1n) is 5.06. The molecule has 3 heterocycles. The van der Waals surface area contributed by atoms with Crippen molar-refractivity contribution in [2.75, 3.05) is 11.5 Å². The normalized spacial score (nSPS) is 25.3. The molecular weight excluding hydrogens is 194 g/mol. The van der Waals surface area contributed by atoms with Gasteiger partial charge < -0.3 is 5.32 Å². The van der Waals surface area contributed by atoms with Crippen LogP contribution in [-0.4, -0.2) is 21.5 Å². The van der Waals surface area contributed by atoms with E-state index in [1.54, 1.807) is 0 Å². The van der Waals surface area contributed by atoms with Gasteiger partial charge in [-0.25, -0.2) is 9.97 Å². The monoisotopic (exact) mass is 207 g/mol. The first-order chi connectivity index (χ1) is 6.93. The molecular formula is C10H13N3S. The zero-order valence-corrected chi connectivity index (χ0v) is 8.81. The number of fused-ring (bicyclic) bond motifs is 1. The van der Waals surface area contributed by atoms with Crippen molar-refractivity contribution >= 4 is 11.8 Å². The Labute approximate surface area is 87.7 Å². The van der Waals surface area contributed by atoms with E-state index in [1.807, 2.05) is 18.0 Å². The molecule has 1 aromatic heterocycles. The van der Waals surface area contributed by atoms with Crippen molar-refractivity contribution in [1.82, 2.24) is 15.3 Å². The predicted octanol–water partition coefficient (Wildman–Crippen LogP) is 1.30. The molecule has 0 bridgehead atoms. The molecule has 14 heavy (non-hydrogen) atoms. The Morgan fingerprint density at radius 3 is 3.29 bits per heavy atom. The fourth-order valence-electron chi connectivity index (χ4n) is 2.01. The van der Waals surface area contributed by atoms with Gasteiger partial charge in [-0.2, -0.15) is 11.8 Å². The molecule has 1 atom stereocenters. The topological polar surface area (TPSA) is 37.8 Å². The Balaban J connectivity index is 1.91. The summed E-state index contributed by atoms with van der Waals surface area (Å²) in [6, 6.07) is 0. The minimum atomic E-state index is 0.603. The van der Waals surface area contributed by atoms with Gasteiger partial charge >= 0.3 is 0 Å². The van der Waals surface area contributed by atoms with Crippen LogP contribution in [0.5, 0.6) is 0 Å². The van der Waals surface area contributed by atoms with Crippen molar-refractivity contribution in [2.45, 2.75) is 25.4 Å². The van der Waals surface area contributed by atoms with Crippen LogP contribution in [0, 0.1) is 0 Å². The van der Waals surface area contributed by atoms with Gasteiger partial charge in [-0.3, -0.25) is 0 Å². The lowest BCUT2D eigenvalue weighted by Gasteiger charge is -2.07. The molecule has 0 aliphatic carbocycles. The fraction of sp³-hybridized carbons (Fsp3) is 0.600. The number of rotatable bonds is 1. The molecule has 2 aliphatic heterocycles. The smallest absolute Gasteiger partial charge is 0.132 e. The van der Waals surface area contributed by atoms with Gasteiger partial charge in [0.25, 0.3) is 0 Å². The van der Waals surface area contributed by atoms with Crippen LogP contribution in [0.25, 0.3) is 0 Å². The summed E-state index contributed by atoms with van der Waals surface area (Å²) in [6.07, 6.45) is 3.25. The second-order valence-electron chi connectivity index (χ2n) is 3.86. The maximum Gasteiger partial charge on any atom is 0.132 e. The lowest BCUT2D eigenvalue weighted by molar-refractivity contribution is 0.704. The van der Waals surface area contributed by atoms with Gasteiger partial charge in [-0.1, -0.05) is 0 Å². The summed E-state index contributed by atoms with van der Waals surface area (Å²) in [5.74, 6) is 4.14. The van der Waals surface area contributed by atoms with Gasteiger partial charge in [0.1, 0.15) is 5.82 Å². The van der Waals surface area contributed by atoms with Crippen LogP contribution in [0.15, 0.2) is 6.20 Å². The van der Waals surface area contributed by atoms with Crippen LogP contribution in [0.4, 0.5) is 0 Å². The number of aromatic nitrogens is 2. The Bertz CT molecular complexity index is 347. The molecule has 0 saturated carbocycles. The Kier molecular flexibility index (Phi) is 2.18. The van der Waals surface area contributed by atoms with Crippen molar-refractivity contribution in [2.24, 2.45) is 0 Å². The molecule has 3 nitrogen and oxygen atoms in total. The second-order valence-corrected chi connectivity index (χ2v) is 5.01. The number of nitrogens with one attached hydrogen (secondary N) is 1. The molecule has 1 aromatic rings. The van der Waals surface area contributed by atoms with E-state index >= 15 is 0 Å². The Morgan fingerprint density at radius 1 is 1.43 bits per heavy atom. The standard InChI is InChI=1S/C10H13N3S/c1-2-14-6-7(1)10-12-4-8-3-11-5-9(8)13-10/h4,7,11H,1-3,5-6H2. The van der Waals surface area contributed by atoms with Crippen molar-refractivity contribution < 1.29 is 0 Å². The molecule has 4 heteroatoms. The minimum Gasteiger partial charge on any atom is -0.307 e. The average molecular weight is 207 g/mol. The van der Waals surface area contributed by atoms with E-state index in [-0.39, 0.29) is 0 Å². The van der Waals surface area contributed by atoms with Crippen LogP contribution in [0.3, 0.4) is 0 Å². The quantitative estimate of drug-likeness (QED) is 0.753. The third-order valence-corrected chi connectivity index (χ3v) is 4.04. The summed E-state index contributed by atoms with van der Waals surface area (Å²) in [5.41, 5.74) is 2.49. The Hall–Kier alpha value is -0.610. The SMILES string of the molecule is c1nc(C2CCSC2)nc2c1CNC2. The molecule has 0 amide bonds. The highest BCUT2D eigenvalue weighted by Gasteiger charge is 2.22. The first kappa shape index (κ1) is 8.68. The molecule has 1 unspecified atom stereocenters. The minimum absolute atomic E-state index is 0.603. The van der Waals surface area contributed by atoms with Crippen LogP contribution in [0.1, 0.15) is 29.4 Å². The van der Waals surface area contributed by atoms with E-state index in [2.05, 4.69) is 15.3 Å². The van der Waals surface area contributed by atoms with Gasteiger partial charge in [0.2, 0.25) is 0 Å². The van der Waals surface area contributed by atoms with Gasteiger partial charge in [0.05, 0.1) is 5.69 Å². The number of hydrogen-bond acceptors (Lipinski definition) is 4. The van der Waals surface area contributed by atoms with E-state index in [0.29, 0.717) is 5.92 Å². The zero-order chi connectivity index (χ0) is 9.38. The zero-order valence-electron chi connectivity index (χ0n) is 7.99. The van der Waals surface area contributed by atoms with Crippen LogP contribution < -0.4 is 5.32 Å². The van der Waals surface area contributed by atoms with Gasteiger partial charge in [-0.05, 0) is 12.2 Å². The molecule has 74 valence electrons. The molecule has 1 N–H and O–H groups in total. The fourth-order valence-corrected chi connectivity index (χ4v) is 3.23. The third kappa shape index (κ3) is 1.42. The number of nitrogens with zero attached hydrogens (tertiary/aromatic N) is 2. The molecule has 2 aliphatic rings. The summed E-state index contributed by atoms with van der Waals surface area (Å²) in [5, 5.41) is 3.30. The van der Waals surface area contributed by atoms with Crippen LogP contribution in [0.2, 0.25) is 0 Å². The highest BCUT2D eigenvalue weighted by Crippen LogP contribution is 2.30. The lowest BCUT2D eigenvalue weighted by atomic mass is 10.1. The first-order valence-corrected chi connectivity index (χ1v) is 6.22. The molecule has 0 radical (unpaired) electrons. The van der Waals surface area contributed by atoms with Crippen molar-refractivity contribution in [3.05, 3.63) is 23.3 Å². The lowest BCUT2D eigenvalue weighted by Crippen LogP contribution is -2.06. The van der Waals surface area contributed by atoms with Crippen molar-refractivity contribution in [3.63, 3.8) is 0 Å². The maximum atomic E-state index is 4.65. The third-order valence-electron chi connectivity index (χ3n) is 2.88. The summed E-state index contributed by atoms with van der Waals surface area (Å²) in [7, 11) is 0. The maximum absolute atomic E-state index is 4.65. The van der Waals surface area contributed by atoms with Crippen LogP contribution in [-0.2, 0) is 13.1 Å². The largest absolute Gasteiger partial charge is 0.307 e. The molecule has 0 aromatic carbocycles. The van der Waals surface area contributed by atoms with Gasteiger partial charge in [0, 0.05) is 36.5 Å². The summed E-state index contributed by atoms with van der Waals surface area (Å²) in [6.45, 7) is 1.86.